The molecule has 0 radical (unpaired) electrons. The summed E-state index contributed by atoms with van der Waals surface area (Å²) >= 11 is 0. The maximum absolute atomic E-state index is 12.8. The summed E-state index contributed by atoms with van der Waals surface area (Å²) in [5, 5.41) is 3.08. The maximum atomic E-state index is 12.8. The standard InChI is InChI=1S/C21H30N2O3/c1-14(2)10-11-22-20(24)19-13-23(21(25)16-4-5-16)12-18(19)15-6-8-17(26-3)9-7-15/h6-9,14,16,18-19H,4-5,10-13H2,1-3H3,(H,22,24). The van der Waals surface area contributed by atoms with Crippen LogP contribution in [0.1, 0.15) is 44.6 Å². The van der Waals surface area contributed by atoms with Crippen LogP contribution in [0.3, 0.4) is 0 Å². The van der Waals surface area contributed by atoms with Crippen molar-refractivity contribution in [2.24, 2.45) is 17.8 Å². The van der Waals surface area contributed by atoms with Crippen LogP contribution in [0.5, 0.6) is 5.75 Å². The molecule has 2 atom stereocenters. The van der Waals surface area contributed by atoms with Crippen molar-refractivity contribution in [2.45, 2.75) is 39.0 Å². The Kier molecular flexibility index (Phi) is 5.84. The van der Waals surface area contributed by atoms with Crippen LogP contribution in [0.2, 0.25) is 0 Å². The lowest BCUT2D eigenvalue weighted by Gasteiger charge is -2.18. The second-order valence-electron chi connectivity index (χ2n) is 7.98. The highest BCUT2D eigenvalue weighted by Gasteiger charge is 2.43. The summed E-state index contributed by atoms with van der Waals surface area (Å²) in [4.78, 5) is 27.2. The van der Waals surface area contributed by atoms with Gasteiger partial charge in [0.05, 0.1) is 13.0 Å². The lowest BCUT2D eigenvalue weighted by molar-refractivity contribution is -0.132. The molecule has 1 N–H and O–H groups in total. The molecule has 2 amide bonds. The number of hydrogen-bond donors (Lipinski definition) is 1. The monoisotopic (exact) mass is 358 g/mol. The normalized spacial score (nSPS) is 22.5. The van der Waals surface area contributed by atoms with Gasteiger partial charge in [0.15, 0.2) is 0 Å². The summed E-state index contributed by atoms with van der Waals surface area (Å²) in [6.07, 6.45) is 2.96. The summed E-state index contributed by atoms with van der Waals surface area (Å²) in [6, 6.07) is 7.88. The van der Waals surface area contributed by atoms with Gasteiger partial charge in [0, 0.05) is 31.5 Å². The van der Waals surface area contributed by atoms with Crippen molar-refractivity contribution >= 4 is 11.8 Å². The van der Waals surface area contributed by atoms with Crippen molar-refractivity contribution in [2.75, 3.05) is 26.7 Å². The second kappa shape index (κ2) is 8.11. The highest BCUT2D eigenvalue weighted by atomic mass is 16.5. The number of likely N-dealkylation sites (tertiary alicyclic amines) is 1. The van der Waals surface area contributed by atoms with E-state index < -0.39 is 0 Å². The number of methoxy groups -OCH3 is 1. The van der Waals surface area contributed by atoms with E-state index in [2.05, 4.69) is 19.2 Å². The third-order valence-electron chi connectivity index (χ3n) is 5.46. The SMILES string of the molecule is COc1ccc(C2CN(C(=O)C3CC3)CC2C(=O)NCCC(C)C)cc1. The van der Waals surface area contributed by atoms with Gasteiger partial charge in [0.25, 0.3) is 0 Å². The smallest absolute Gasteiger partial charge is 0.225 e. The Balaban J connectivity index is 1.72. The Bertz CT molecular complexity index is 637. The first-order valence-electron chi connectivity index (χ1n) is 9.70. The number of nitrogens with one attached hydrogen (secondary N) is 1. The predicted octanol–water partition coefficient (Wildman–Crippen LogP) is 2.81. The molecule has 1 saturated heterocycles. The Hall–Kier alpha value is -2.04. The third-order valence-corrected chi connectivity index (χ3v) is 5.46. The minimum absolute atomic E-state index is 0.0441. The Morgan fingerprint density at radius 3 is 2.46 bits per heavy atom. The summed E-state index contributed by atoms with van der Waals surface area (Å²) in [5.41, 5.74) is 1.10. The van der Waals surface area contributed by atoms with Gasteiger partial charge in [-0.25, -0.2) is 0 Å². The van der Waals surface area contributed by atoms with Crippen molar-refractivity contribution < 1.29 is 14.3 Å². The average Bonchev–Trinajstić information content (AvgIpc) is 3.39. The fourth-order valence-corrected chi connectivity index (χ4v) is 3.64. The minimum atomic E-state index is -0.182. The molecule has 1 aliphatic heterocycles. The first kappa shape index (κ1) is 18.7. The summed E-state index contributed by atoms with van der Waals surface area (Å²) < 4.78 is 5.24. The average molecular weight is 358 g/mol. The van der Waals surface area contributed by atoms with E-state index in [0.717, 1.165) is 30.6 Å². The molecule has 2 aliphatic rings. The number of rotatable bonds is 7. The Labute approximate surface area is 156 Å². The number of ether oxygens (including phenoxy) is 1. The van der Waals surface area contributed by atoms with E-state index in [4.69, 9.17) is 4.74 Å². The van der Waals surface area contributed by atoms with Gasteiger partial charge in [-0.05, 0) is 42.9 Å². The van der Waals surface area contributed by atoms with Crippen LogP contribution in [-0.4, -0.2) is 43.5 Å². The Morgan fingerprint density at radius 1 is 1.19 bits per heavy atom. The summed E-state index contributed by atoms with van der Waals surface area (Å²) in [7, 11) is 1.64. The molecule has 142 valence electrons. The second-order valence-corrected chi connectivity index (χ2v) is 7.98. The minimum Gasteiger partial charge on any atom is -0.497 e. The molecule has 1 aliphatic carbocycles. The number of hydrogen-bond acceptors (Lipinski definition) is 3. The highest BCUT2D eigenvalue weighted by Crippen LogP contribution is 2.38. The zero-order valence-electron chi connectivity index (χ0n) is 16.0. The van der Waals surface area contributed by atoms with Crippen LogP contribution in [0.15, 0.2) is 24.3 Å². The van der Waals surface area contributed by atoms with Gasteiger partial charge < -0.3 is 15.0 Å². The zero-order valence-corrected chi connectivity index (χ0v) is 16.0. The molecular formula is C21H30N2O3. The third kappa shape index (κ3) is 4.37. The molecule has 3 rings (SSSR count). The molecule has 2 unspecified atom stereocenters. The number of benzene rings is 1. The molecule has 1 saturated carbocycles. The number of carbonyl (C=O) groups is 2. The van der Waals surface area contributed by atoms with Gasteiger partial charge in [0.1, 0.15) is 5.75 Å². The molecule has 1 heterocycles. The fourth-order valence-electron chi connectivity index (χ4n) is 3.64. The van der Waals surface area contributed by atoms with Crippen molar-refractivity contribution in [3.63, 3.8) is 0 Å². The first-order valence-corrected chi connectivity index (χ1v) is 9.70. The van der Waals surface area contributed by atoms with Crippen molar-refractivity contribution in [1.29, 1.82) is 0 Å². The number of nitrogens with zero attached hydrogens (tertiary/aromatic N) is 1. The van der Waals surface area contributed by atoms with Gasteiger partial charge in [0.2, 0.25) is 11.8 Å². The van der Waals surface area contributed by atoms with Crippen LogP contribution in [0.4, 0.5) is 0 Å². The van der Waals surface area contributed by atoms with Gasteiger partial charge in [-0.3, -0.25) is 9.59 Å². The molecule has 0 aromatic heterocycles. The van der Waals surface area contributed by atoms with Crippen molar-refractivity contribution in [3.05, 3.63) is 29.8 Å². The molecule has 5 nitrogen and oxygen atoms in total. The maximum Gasteiger partial charge on any atom is 0.225 e. The van der Waals surface area contributed by atoms with Crippen LogP contribution in [-0.2, 0) is 9.59 Å². The van der Waals surface area contributed by atoms with Crippen LogP contribution < -0.4 is 10.1 Å². The molecule has 0 bridgehead atoms. The van der Waals surface area contributed by atoms with E-state index in [1.807, 2.05) is 29.2 Å². The van der Waals surface area contributed by atoms with E-state index in [1.165, 1.54) is 0 Å². The van der Waals surface area contributed by atoms with Crippen molar-refractivity contribution in [3.8, 4) is 5.75 Å². The van der Waals surface area contributed by atoms with E-state index >= 15 is 0 Å². The molecule has 1 aromatic carbocycles. The molecule has 0 spiro atoms. The van der Waals surface area contributed by atoms with E-state index in [-0.39, 0.29) is 29.6 Å². The molecular weight excluding hydrogens is 328 g/mol. The first-order chi connectivity index (χ1) is 12.5. The van der Waals surface area contributed by atoms with E-state index in [0.29, 0.717) is 25.6 Å². The summed E-state index contributed by atoms with van der Waals surface area (Å²) in [5.74, 6) is 1.70. The number of carbonyl (C=O) groups excluding carboxylic acids is 2. The molecule has 26 heavy (non-hydrogen) atoms. The quantitative estimate of drug-likeness (QED) is 0.815. The highest BCUT2D eigenvalue weighted by molar-refractivity contribution is 5.85. The van der Waals surface area contributed by atoms with Crippen molar-refractivity contribution in [1.82, 2.24) is 10.2 Å². The Morgan fingerprint density at radius 2 is 1.88 bits per heavy atom. The van der Waals surface area contributed by atoms with Gasteiger partial charge in [-0.15, -0.1) is 0 Å². The van der Waals surface area contributed by atoms with Crippen LogP contribution in [0.25, 0.3) is 0 Å². The molecule has 5 heteroatoms. The van der Waals surface area contributed by atoms with Crippen LogP contribution in [0, 0.1) is 17.8 Å². The van der Waals surface area contributed by atoms with E-state index in [9.17, 15) is 9.59 Å². The fraction of sp³-hybridized carbons (Fsp3) is 0.619. The largest absolute Gasteiger partial charge is 0.497 e. The van der Waals surface area contributed by atoms with E-state index in [1.54, 1.807) is 7.11 Å². The topological polar surface area (TPSA) is 58.6 Å². The summed E-state index contributed by atoms with van der Waals surface area (Å²) in [6.45, 7) is 6.15. The lowest BCUT2D eigenvalue weighted by atomic mass is 9.88. The molecule has 1 aromatic rings. The lowest BCUT2D eigenvalue weighted by Crippen LogP contribution is -2.36. The number of amides is 2. The zero-order chi connectivity index (χ0) is 18.7. The van der Waals surface area contributed by atoms with Gasteiger partial charge in [-0.2, -0.15) is 0 Å². The predicted molar refractivity (Wildman–Crippen MR) is 101 cm³/mol. The van der Waals surface area contributed by atoms with Gasteiger partial charge in [-0.1, -0.05) is 26.0 Å². The molecule has 2 fully saturated rings. The van der Waals surface area contributed by atoms with Crippen LogP contribution >= 0.6 is 0 Å². The van der Waals surface area contributed by atoms with Gasteiger partial charge >= 0.3 is 0 Å².